The van der Waals surface area contributed by atoms with Crippen LogP contribution in [0.5, 0.6) is 0 Å². The Labute approximate surface area is 95.2 Å². The van der Waals surface area contributed by atoms with E-state index in [1.165, 1.54) is 5.69 Å². The first-order valence-corrected chi connectivity index (χ1v) is 5.65. The first kappa shape index (κ1) is 9.90. The maximum atomic E-state index is 10.0. The van der Waals surface area contributed by atoms with Gasteiger partial charge in [-0.15, -0.1) is 0 Å². The largest absolute Gasteiger partial charge is 0.368 e. The highest BCUT2D eigenvalue weighted by Crippen LogP contribution is 2.38. The molecule has 0 amide bonds. The molecule has 0 aliphatic carbocycles. The maximum Gasteiger partial charge on any atom is 0.170 e. The molecule has 2 aliphatic rings. The summed E-state index contributed by atoms with van der Waals surface area (Å²) in [5, 5.41) is 15.8. The zero-order valence-corrected chi connectivity index (χ0v) is 9.94. The van der Waals surface area contributed by atoms with Crippen LogP contribution in [-0.2, 0) is 13.0 Å². The summed E-state index contributed by atoms with van der Waals surface area (Å²) in [6.45, 7) is 5.57. The summed E-state index contributed by atoms with van der Waals surface area (Å²) in [6.07, 6.45) is 4.41. The lowest BCUT2D eigenvalue weighted by Crippen LogP contribution is -2.23. The molecule has 1 aromatic heterocycles. The van der Waals surface area contributed by atoms with Crippen LogP contribution in [0.1, 0.15) is 36.9 Å². The highest BCUT2D eigenvalue weighted by atomic mass is 16.3. The molecule has 0 bridgehead atoms. The monoisotopic (exact) mass is 219 g/mol. The lowest BCUT2D eigenvalue weighted by Gasteiger charge is -2.24. The van der Waals surface area contributed by atoms with Crippen LogP contribution in [0.4, 0.5) is 0 Å². The van der Waals surface area contributed by atoms with Crippen LogP contribution in [0.3, 0.4) is 0 Å². The second kappa shape index (κ2) is 2.88. The molecule has 1 unspecified atom stereocenters. The Kier molecular flexibility index (Phi) is 1.79. The Hall–Kier alpha value is -1.29. The van der Waals surface area contributed by atoms with Crippen LogP contribution in [-0.4, -0.2) is 27.9 Å². The number of aliphatic hydroxyl groups excluding tert-OH is 1. The van der Waals surface area contributed by atoms with Gasteiger partial charge in [-0.05, 0) is 11.8 Å². The standard InChI is InChI=1S/C12H17N3O/c1-12(2)4-10-8-5-13-14(3)11(16)9(8)6-15(10)7-12/h5-6,11,16H,4,7H2,1-3H3. The molecule has 3 rings (SSSR count). The molecule has 0 aromatic carbocycles. The fraction of sp³-hybridized carbons (Fsp3) is 0.583. The number of rotatable bonds is 0. The first-order chi connectivity index (χ1) is 7.48. The third-order valence-electron chi connectivity index (χ3n) is 3.51. The number of hydrogen-bond donors (Lipinski definition) is 1. The average molecular weight is 219 g/mol. The van der Waals surface area contributed by atoms with Crippen LogP contribution < -0.4 is 0 Å². The number of hydrazone groups is 1. The van der Waals surface area contributed by atoms with Gasteiger partial charge in [0.05, 0.1) is 6.21 Å². The Bertz CT molecular complexity index is 473. The minimum atomic E-state index is -0.596. The zero-order chi connectivity index (χ0) is 11.5. The minimum Gasteiger partial charge on any atom is -0.368 e. The molecule has 86 valence electrons. The topological polar surface area (TPSA) is 40.8 Å². The Morgan fingerprint density at radius 1 is 1.50 bits per heavy atom. The minimum absolute atomic E-state index is 0.326. The summed E-state index contributed by atoms with van der Waals surface area (Å²) in [6, 6.07) is 0. The third-order valence-corrected chi connectivity index (χ3v) is 3.51. The van der Waals surface area contributed by atoms with Gasteiger partial charge in [-0.25, -0.2) is 0 Å². The lowest BCUT2D eigenvalue weighted by molar-refractivity contribution is 0.0203. The second-order valence-corrected chi connectivity index (χ2v) is 5.61. The molecule has 1 aromatic rings. The van der Waals surface area contributed by atoms with Crippen LogP contribution >= 0.6 is 0 Å². The molecule has 4 nitrogen and oxygen atoms in total. The van der Waals surface area contributed by atoms with Crippen molar-refractivity contribution in [3.8, 4) is 0 Å². The third kappa shape index (κ3) is 1.23. The summed E-state index contributed by atoms with van der Waals surface area (Å²) in [4.78, 5) is 0. The van der Waals surface area contributed by atoms with E-state index in [1.54, 1.807) is 12.1 Å². The van der Waals surface area contributed by atoms with Gasteiger partial charge in [0.1, 0.15) is 0 Å². The van der Waals surface area contributed by atoms with E-state index in [-0.39, 0.29) is 0 Å². The van der Waals surface area contributed by atoms with Gasteiger partial charge in [-0.3, -0.25) is 5.01 Å². The lowest BCUT2D eigenvalue weighted by atomic mass is 9.89. The highest BCUT2D eigenvalue weighted by Gasteiger charge is 2.34. The Morgan fingerprint density at radius 3 is 3.00 bits per heavy atom. The van der Waals surface area contributed by atoms with Gasteiger partial charge >= 0.3 is 0 Å². The summed E-state index contributed by atoms with van der Waals surface area (Å²) < 4.78 is 2.26. The number of aromatic nitrogens is 1. The van der Waals surface area contributed by atoms with E-state index >= 15 is 0 Å². The summed E-state index contributed by atoms with van der Waals surface area (Å²) in [5.41, 5.74) is 3.75. The Balaban J connectivity index is 2.09. The van der Waals surface area contributed by atoms with Crippen molar-refractivity contribution in [2.45, 2.75) is 33.0 Å². The Morgan fingerprint density at radius 2 is 2.25 bits per heavy atom. The first-order valence-electron chi connectivity index (χ1n) is 5.65. The second-order valence-electron chi connectivity index (χ2n) is 5.61. The molecule has 1 N–H and O–H groups in total. The summed E-state index contributed by atoms with van der Waals surface area (Å²) in [5.74, 6) is 0. The molecule has 0 saturated heterocycles. The van der Waals surface area contributed by atoms with Crippen LogP contribution in [0, 0.1) is 5.41 Å². The zero-order valence-electron chi connectivity index (χ0n) is 9.94. The fourth-order valence-corrected chi connectivity index (χ4v) is 2.71. The van der Waals surface area contributed by atoms with Crippen molar-refractivity contribution in [1.82, 2.24) is 9.58 Å². The predicted octanol–water partition coefficient (Wildman–Crippen LogP) is 1.34. The van der Waals surface area contributed by atoms with Crippen molar-refractivity contribution in [1.29, 1.82) is 0 Å². The van der Waals surface area contributed by atoms with Gasteiger partial charge in [0, 0.05) is 36.6 Å². The van der Waals surface area contributed by atoms with Gasteiger partial charge in [0.15, 0.2) is 6.23 Å². The van der Waals surface area contributed by atoms with Crippen LogP contribution in [0.2, 0.25) is 0 Å². The summed E-state index contributed by atoms with van der Waals surface area (Å²) >= 11 is 0. The van der Waals surface area contributed by atoms with E-state index < -0.39 is 6.23 Å². The molecule has 1 atom stereocenters. The molecule has 0 spiro atoms. The highest BCUT2D eigenvalue weighted by molar-refractivity contribution is 5.84. The summed E-state index contributed by atoms with van der Waals surface area (Å²) in [7, 11) is 1.79. The van der Waals surface area contributed by atoms with Gasteiger partial charge in [0.2, 0.25) is 0 Å². The number of fused-ring (bicyclic) bond motifs is 3. The molecule has 4 heteroatoms. The SMILES string of the molecule is CN1N=Cc2c(cn3c2CC(C)(C)C3)C1O. The van der Waals surface area contributed by atoms with Gasteiger partial charge in [-0.2, -0.15) is 5.10 Å². The molecule has 0 saturated carbocycles. The van der Waals surface area contributed by atoms with Crippen molar-refractivity contribution in [2.24, 2.45) is 10.5 Å². The van der Waals surface area contributed by atoms with Crippen molar-refractivity contribution in [3.05, 3.63) is 23.0 Å². The van der Waals surface area contributed by atoms with Crippen molar-refractivity contribution < 1.29 is 5.11 Å². The predicted molar refractivity (Wildman–Crippen MR) is 62.2 cm³/mol. The maximum absolute atomic E-state index is 10.0. The van der Waals surface area contributed by atoms with E-state index in [0.717, 1.165) is 24.1 Å². The molecule has 16 heavy (non-hydrogen) atoms. The van der Waals surface area contributed by atoms with E-state index in [0.29, 0.717) is 5.41 Å². The van der Waals surface area contributed by atoms with E-state index in [2.05, 4.69) is 29.7 Å². The molecule has 0 fully saturated rings. The smallest absolute Gasteiger partial charge is 0.170 e. The average Bonchev–Trinajstić information content (AvgIpc) is 2.64. The molecule has 2 aliphatic heterocycles. The van der Waals surface area contributed by atoms with Gasteiger partial charge in [0.25, 0.3) is 0 Å². The number of aliphatic hydroxyl groups is 1. The van der Waals surface area contributed by atoms with Crippen molar-refractivity contribution in [2.75, 3.05) is 7.05 Å². The molecule has 0 radical (unpaired) electrons. The molecule has 3 heterocycles. The number of nitrogens with zero attached hydrogens (tertiary/aromatic N) is 3. The van der Waals surface area contributed by atoms with Crippen LogP contribution in [0.15, 0.2) is 11.3 Å². The van der Waals surface area contributed by atoms with E-state index in [9.17, 15) is 5.11 Å². The van der Waals surface area contributed by atoms with Crippen LogP contribution in [0.25, 0.3) is 0 Å². The quantitative estimate of drug-likeness (QED) is 0.715. The van der Waals surface area contributed by atoms with E-state index in [1.807, 2.05) is 6.21 Å². The van der Waals surface area contributed by atoms with Crippen molar-refractivity contribution in [3.63, 3.8) is 0 Å². The molecular formula is C12H17N3O. The van der Waals surface area contributed by atoms with Gasteiger partial charge < -0.3 is 9.67 Å². The van der Waals surface area contributed by atoms with Gasteiger partial charge in [-0.1, -0.05) is 13.8 Å². The van der Waals surface area contributed by atoms with E-state index in [4.69, 9.17) is 0 Å². The fourth-order valence-electron chi connectivity index (χ4n) is 2.71. The normalized spacial score (nSPS) is 25.8. The molecular weight excluding hydrogens is 202 g/mol. The van der Waals surface area contributed by atoms with Crippen molar-refractivity contribution >= 4 is 6.21 Å². The number of hydrogen-bond acceptors (Lipinski definition) is 3.